The van der Waals surface area contributed by atoms with Crippen molar-refractivity contribution in [3.8, 4) is 0 Å². The number of carbonyl (C=O) groups excluding carboxylic acids is 1. The summed E-state index contributed by atoms with van der Waals surface area (Å²) < 4.78 is 16.4. The highest BCUT2D eigenvalue weighted by Crippen LogP contribution is 2.32. The van der Waals surface area contributed by atoms with Crippen LogP contribution in [0.3, 0.4) is 0 Å². The number of carbonyl (C=O) groups is 1. The average Bonchev–Trinajstić information content (AvgIpc) is 3.11. The lowest BCUT2D eigenvalue weighted by atomic mass is 9.95. The van der Waals surface area contributed by atoms with Crippen LogP contribution in [-0.2, 0) is 19.0 Å². The summed E-state index contributed by atoms with van der Waals surface area (Å²) >= 11 is 1.61. The molecule has 0 amide bonds. The molecule has 2 atom stereocenters. The number of ether oxygens (including phenoxy) is 3. The Morgan fingerprint density at radius 3 is 3.09 bits per heavy atom. The largest absolute Gasteiger partial charge is 0.458 e. The van der Waals surface area contributed by atoms with Crippen LogP contribution in [0.2, 0.25) is 0 Å². The lowest BCUT2D eigenvalue weighted by Crippen LogP contribution is -2.28. The summed E-state index contributed by atoms with van der Waals surface area (Å²) in [7, 11) is 0. The SMILES string of the molecule is C=CCOC(=O)C1=C[C@H](c2ccsc2)C[C@H](OCCCCO)O1. The molecule has 0 fully saturated rings. The van der Waals surface area contributed by atoms with E-state index in [0.717, 1.165) is 12.0 Å². The molecule has 0 radical (unpaired) electrons. The van der Waals surface area contributed by atoms with Gasteiger partial charge in [0.05, 0.1) is 6.61 Å². The summed E-state index contributed by atoms with van der Waals surface area (Å²) in [6.07, 6.45) is 4.90. The number of aliphatic hydroxyl groups is 1. The summed E-state index contributed by atoms with van der Waals surface area (Å²) in [5.74, 6) is -0.264. The number of allylic oxidation sites excluding steroid dienone is 1. The van der Waals surface area contributed by atoms with E-state index in [0.29, 0.717) is 19.4 Å². The molecule has 126 valence electrons. The first-order valence-corrected chi connectivity index (χ1v) is 8.60. The Bertz CT molecular complexity index is 523. The van der Waals surface area contributed by atoms with Crippen LogP contribution in [0.5, 0.6) is 0 Å². The Kier molecular flexibility index (Phi) is 7.32. The Labute approximate surface area is 140 Å². The molecule has 2 heterocycles. The summed E-state index contributed by atoms with van der Waals surface area (Å²) in [4.78, 5) is 12.0. The maximum atomic E-state index is 12.0. The van der Waals surface area contributed by atoms with Crippen molar-refractivity contribution >= 4 is 17.3 Å². The second-order valence-corrected chi connectivity index (χ2v) is 5.95. The van der Waals surface area contributed by atoms with Crippen LogP contribution in [0, 0.1) is 0 Å². The second-order valence-electron chi connectivity index (χ2n) is 5.17. The van der Waals surface area contributed by atoms with E-state index in [4.69, 9.17) is 19.3 Å². The van der Waals surface area contributed by atoms with Gasteiger partial charge in [0.25, 0.3) is 0 Å². The third kappa shape index (κ3) is 5.49. The summed E-state index contributed by atoms with van der Waals surface area (Å²) in [6.45, 7) is 4.30. The molecular weight excluding hydrogens is 316 g/mol. The van der Waals surface area contributed by atoms with E-state index in [9.17, 15) is 4.79 Å². The maximum Gasteiger partial charge on any atom is 0.373 e. The second kappa shape index (κ2) is 9.50. The molecule has 0 aliphatic carbocycles. The topological polar surface area (TPSA) is 65.0 Å². The smallest absolute Gasteiger partial charge is 0.373 e. The first kappa shape index (κ1) is 17.7. The van der Waals surface area contributed by atoms with Crippen molar-refractivity contribution in [2.24, 2.45) is 0 Å². The van der Waals surface area contributed by atoms with Gasteiger partial charge in [0.15, 0.2) is 0 Å². The highest BCUT2D eigenvalue weighted by Gasteiger charge is 2.29. The van der Waals surface area contributed by atoms with Crippen molar-refractivity contribution in [1.29, 1.82) is 0 Å². The van der Waals surface area contributed by atoms with Crippen LogP contribution in [0.25, 0.3) is 0 Å². The number of hydrogen-bond donors (Lipinski definition) is 1. The van der Waals surface area contributed by atoms with Gasteiger partial charge in [0, 0.05) is 18.9 Å². The van der Waals surface area contributed by atoms with Crippen molar-refractivity contribution in [1.82, 2.24) is 0 Å². The third-order valence-electron chi connectivity index (χ3n) is 3.42. The number of esters is 1. The molecule has 0 spiro atoms. The molecule has 0 saturated carbocycles. The van der Waals surface area contributed by atoms with Gasteiger partial charge in [0.2, 0.25) is 12.0 Å². The van der Waals surface area contributed by atoms with E-state index in [1.165, 1.54) is 6.08 Å². The lowest BCUT2D eigenvalue weighted by Gasteiger charge is -2.28. The molecule has 2 rings (SSSR count). The van der Waals surface area contributed by atoms with E-state index in [1.54, 1.807) is 17.4 Å². The van der Waals surface area contributed by atoms with Crippen LogP contribution in [0.4, 0.5) is 0 Å². The molecule has 1 aromatic heterocycles. The first-order chi connectivity index (χ1) is 11.2. The zero-order valence-corrected chi connectivity index (χ0v) is 13.8. The van der Waals surface area contributed by atoms with Crippen LogP contribution in [0.1, 0.15) is 30.7 Å². The van der Waals surface area contributed by atoms with Gasteiger partial charge >= 0.3 is 5.97 Å². The summed E-state index contributed by atoms with van der Waals surface area (Å²) in [5, 5.41) is 12.9. The normalized spacial score (nSPS) is 20.5. The zero-order valence-electron chi connectivity index (χ0n) is 13.0. The number of hydrogen-bond acceptors (Lipinski definition) is 6. The zero-order chi connectivity index (χ0) is 16.5. The van der Waals surface area contributed by atoms with E-state index in [2.05, 4.69) is 12.0 Å². The fourth-order valence-corrected chi connectivity index (χ4v) is 2.98. The molecule has 0 bridgehead atoms. The monoisotopic (exact) mass is 338 g/mol. The maximum absolute atomic E-state index is 12.0. The van der Waals surface area contributed by atoms with Gasteiger partial charge in [-0.2, -0.15) is 11.3 Å². The Hall–Kier alpha value is -1.63. The van der Waals surface area contributed by atoms with E-state index >= 15 is 0 Å². The van der Waals surface area contributed by atoms with Crippen LogP contribution in [0.15, 0.2) is 41.3 Å². The lowest BCUT2D eigenvalue weighted by molar-refractivity contribution is -0.160. The van der Waals surface area contributed by atoms with Crippen molar-refractivity contribution < 1.29 is 24.1 Å². The van der Waals surface area contributed by atoms with Crippen LogP contribution >= 0.6 is 11.3 Å². The van der Waals surface area contributed by atoms with Gasteiger partial charge in [-0.15, -0.1) is 0 Å². The van der Waals surface area contributed by atoms with Crippen molar-refractivity contribution in [3.63, 3.8) is 0 Å². The van der Waals surface area contributed by atoms with Gasteiger partial charge in [-0.25, -0.2) is 4.79 Å². The average molecular weight is 338 g/mol. The predicted octanol–water partition coefficient (Wildman–Crippen LogP) is 2.98. The van der Waals surface area contributed by atoms with Gasteiger partial charge in [0.1, 0.15) is 6.61 Å². The fraction of sp³-hybridized carbons (Fsp3) is 0.471. The van der Waals surface area contributed by atoms with Gasteiger partial charge in [-0.1, -0.05) is 12.7 Å². The molecule has 0 saturated heterocycles. The fourth-order valence-electron chi connectivity index (χ4n) is 2.26. The van der Waals surface area contributed by atoms with Crippen molar-refractivity contribution in [2.45, 2.75) is 31.5 Å². The highest BCUT2D eigenvalue weighted by molar-refractivity contribution is 7.08. The van der Waals surface area contributed by atoms with Gasteiger partial charge in [-0.3, -0.25) is 0 Å². The van der Waals surface area contributed by atoms with Gasteiger partial charge < -0.3 is 19.3 Å². The summed E-state index contributed by atoms with van der Waals surface area (Å²) in [6, 6.07) is 2.03. The molecule has 5 nitrogen and oxygen atoms in total. The van der Waals surface area contributed by atoms with Crippen LogP contribution < -0.4 is 0 Å². The standard InChI is InChI=1S/C17H22O5S/c1-2-7-21-17(19)15-10-14(13-5-9-23-12-13)11-16(22-15)20-8-4-3-6-18/h2,5,9-10,12,14,16,18H,1,3-4,6-8,11H2/t14-,16+/m0/s1. The quantitative estimate of drug-likeness (QED) is 0.426. The Balaban J connectivity index is 2.02. The number of rotatable bonds is 9. The van der Waals surface area contributed by atoms with E-state index in [1.807, 2.05) is 11.4 Å². The molecule has 1 aliphatic heterocycles. The molecular formula is C17H22O5S. The van der Waals surface area contributed by atoms with Crippen molar-refractivity contribution in [2.75, 3.05) is 19.8 Å². The van der Waals surface area contributed by atoms with Crippen LogP contribution in [-0.4, -0.2) is 37.2 Å². The minimum Gasteiger partial charge on any atom is -0.458 e. The number of aliphatic hydroxyl groups excluding tert-OH is 1. The van der Waals surface area contributed by atoms with Gasteiger partial charge in [-0.05, 0) is 41.3 Å². The third-order valence-corrected chi connectivity index (χ3v) is 4.12. The molecule has 6 heteroatoms. The molecule has 0 aromatic carbocycles. The Morgan fingerprint density at radius 1 is 1.52 bits per heavy atom. The highest BCUT2D eigenvalue weighted by atomic mass is 32.1. The first-order valence-electron chi connectivity index (χ1n) is 7.65. The minimum atomic E-state index is -0.506. The molecule has 0 unspecified atom stereocenters. The number of unbranched alkanes of at least 4 members (excludes halogenated alkanes) is 1. The predicted molar refractivity (Wildman–Crippen MR) is 88.1 cm³/mol. The molecule has 23 heavy (non-hydrogen) atoms. The number of thiophene rings is 1. The molecule has 1 aliphatic rings. The van der Waals surface area contributed by atoms with E-state index in [-0.39, 0.29) is 24.9 Å². The summed E-state index contributed by atoms with van der Waals surface area (Å²) in [5.41, 5.74) is 1.14. The van der Waals surface area contributed by atoms with Crippen molar-refractivity contribution in [3.05, 3.63) is 46.9 Å². The Morgan fingerprint density at radius 2 is 2.39 bits per heavy atom. The molecule has 1 aromatic rings. The van der Waals surface area contributed by atoms with E-state index < -0.39 is 12.3 Å². The minimum absolute atomic E-state index is 0.0594. The molecule has 1 N–H and O–H groups in total.